The Morgan fingerprint density at radius 2 is 2.33 bits per heavy atom. The quantitative estimate of drug-likeness (QED) is 0.701. The molecule has 1 fully saturated rings. The second-order valence-electron chi connectivity index (χ2n) is 4.68. The van der Waals surface area contributed by atoms with Crippen molar-refractivity contribution in [2.75, 3.05) is 0 Å². The van der Waals surface area contributed by atoms with Crippen LogP contribution >= 0.6 is 0 Å². The largest absolute Gasteiger partial charge is 0.480 e. The van der Waals surface area contributed by atoms with Gasteiger partial charge < -0.3 is 10.4 Å². The Bertz CT molecular complexity index is 451. The first-order valence-electron chi connectivity index (χ1n) is 6.18. The average Bonchev–Trinajstić information content (AvgIpc) is 3.02. The van der Waals surface area contributed by atoms with Crippen molar-refractivity contribution in [1.82, 2.24) is 15.5 Å². The van der Waals surface area contributed by atoms with E-state index >= 15 is 0 Å². The molecule has 0 saturated heterocycles. The molecule has 1 aromatic rings. The SMILES string of the molecule is CCc1cc(C(=O)NC(CC2CC2)C(=O)O)n[nH]1. The van der Waals surface area contributed by atoms with Gasteiger partial charge in [-0.15, -0.1) is 0 Å². The Morgan fingerprint density at radius 3 is 2.83 bits per heavy atom. The molecule has 0 spiro atoms. The third kappa shape index (κ3) is 3.09. The highest BCUT2D eigenvalue weighted by Gasteiger charge is 2.30. The highest BCUT2D eigenvalue weighted by Crippen LogP contribution is 2.33. The van der Waals surface area contributed by atoms with E-state index in [2.05, 4.69) is 15.5 Å². The van der Waals surface area contributed by atoms with Crippen molar-refractivity contribution in [2.24, 2.45) is 5.92 Å². The van der Waals surface area contributed by atoms with E-state index < -0.39 is 17.9 Å². The zero-order valence-electron chi connectivity index (χ0n) is 10.3. The number of nitrogens with zero attached hydrogens (tertiary/aromatic N) is 1. The number of hydrogen-bond donors (Lipinski definition) is 3. The molecule has 0 aromatic carbocycles. The summed E-state index contributed by atoms with van der Waals surface area (Å²) in [6, 6.07) is 0.831. The second kappa shape index (κ2) is 5.20. The van der Waals surface area contributed by atoms with E-state index in [9.17, 15) is 9.59 Å². The maximum atomic E-state index is 11.8. The van der Waals surface area contributed by atoms with Gasteiger partial charge in [0.05, 0.1) is 0 Å². The van der Waals surface area contributed by atoms with E-state index in [1.807, 2.05) is 6.92 Å². The van der Waals surface area contributed by atoms with E-state index in [0.29, 0.717) is 12.3 Å². The van der Waals surface area contributed by atoms with Gasteiger partial charge in [0.15, 0.2) is 0 Å². The van der Waals surface area contributed by atoms with Crippen LogP contribution in [0.25, 0.3) is 0 Å². The summed E-state index contributed by atoms with van der Waals surface area (Å²) < 4.78 is 0. The summed E-state index contributed by atoms with van der Waals surface area (Å²) in [6.07, 6.45) is 3.38. The number of rotatable bonds is 6. The molecule has 0 aliphatic heterocycles. The number of carbonyl (C=O) groups excluding carboxylic acids is 1. The minimum absolute atomic E-state index is 0.244. The normalized spacial score (nSPS) is 16.3. The summed E-state index contributed by atoms with van der Waals surface area (Å²) in [6.45, 7) is 1.95. The first-order valence-corrected chi connectivity index (χ1v) is 6.18. The van der Waals surface area contributed by atoms with E-state index in [1.54, 1.807) is 6.07 Å². The number of carboxylic acid groups (broad SMARTS) is 1. The van der Waals surface area contributed by atoms with Crippen molar-refractivity contribution < 1.29 is 14.7 Å². The van der Waals surface area contributed by atoms with Gasteiger partial charge in [0, 0.05) is 5.69 Å². The molecule has 1 atom stereocenters. The van der Waals surface area contributed by atoms with Crippen LogP contribution in [0.2, 0.25) is 0 Å². The van der Waals surface area contributed by atoms with Gasteiger partial charge in [-0.05, 0) is 24.8 Å². The minimum atomic E-state index is -0.985. The summed E-state index contributed by atoms with van der Waals surface area (Å²) in [7, 11) is 0. The molecule has 1 saturated carbocycles. The Hall–Kier alpha value is -1.85. The van der Waals surface area contributed by atoms with Crippen LogP contribution in [0.4, 0.5) is 0 Å². The van der Waals surface area contributed by atoms with E-state index in [-0.39, 0.29) is 5.69 Å². The molecule has 1 aliphatic rings. The maximum absolute atomic E-state index is 11.8. The number of aromatic nitrogens is 2. The molecule has 1 heterocycles. The Morgan fingerprint density at radius 1 is 1.61 bits per heavy atom. The molecule has 1 amide bonds. The predicted molar refractivity (Wildman–Crippen MR) is 64.2 cm³/mol. The fourth-order valence-electron chi connectivity index (χ4n) is 1.80. The van der Waals surface area contributed by atoms with Crippen LogP contribution in [0.3, 0.4) is 0 Å². The topological polar surface area (TPSA) is 95.1 Å². The molecule has 6 heteroatoms. The molecular formula is C12H17N3O3. The molecule has 98 valence electrons. The standard InChI is InChI=1S/C12H17N3O3/c1-2-8-6-9(15-14-8)11(16)13-10(12(17)18)5-7-3-4-7/h6-7,10H,2-5H2,1H3,(H,13,16)(H,14,15)(H,17,18). The van der Waals surface area contributed by atoms with E-state index in [4.69, 9.17) is 5.11 Å². The van der Waals surface area contributed by atoms with Gasteiger partial charge in [0.25, 0.3) is 5.91 Å². The molecule has 1 aromatic heterocycles. The molecule has 6 nitrogen and oxygen atoms in total. The Labute approximate surface area is 105 Å². The number of aryl methyl sites for hydroxylation is 1. The highest BCUT2D eigenvalue weighted by molar-refractivity contribution is 5.95. The molecule has 1 unspecified atom stereocenters. The van der Waals surface area contributed by atoms with Crippen molar-refractivity contribution in [2.45, 2.75) is 38.6 Å². The number of amides is 1. The summed E-state index contributed by atoms with van der Waals surface area (Å²) >= 11 is 0. The van der Waals surface area contributed by atoms with Gasteiger partial charge >= 0.3 is 5.97 Å². The van der Waals surface area contributed by atoms with E-state index in [1.165, 1.54) is 0 Å². The summed E-state index contributed by atoms with van der Waals surface area (Å²) in [4.78, 5) is 22.9. The van der Waals surface area contributed by atoms with Crippen molar-refractivity contribution >= 4 is 11.9 Å². The fraction of sp³-hybridized carbons (Fsp3) is 0.583. The van der Waals surface area contributed by atoms with Gasteiger partial charge in [-0.3, -0.25) is 9.89 Å². The van der Waals surface area contributed by atoms with Crippen molar-refractivity contribution in [1.29, 1.82) is 0 Å². The van der Waals surface area contributed by atoms with Crippen LogP contribution in [0, 0.1) is 5.92 Å². The number of carbonyl (C=O) groups is 2. The van der Waals surface area contributed by atoms with E-state index in [0.717, 1.165) is 25.0 Å². The fourth-order valence-corrected chi connectivity index (χ4v) is 1.80. The Balaban J connectivity index is 1.96. The van der Waals surface area contributed by atoms with Crippen molar-refractivity contribution in [3.05, 3.63) is 17.5 Å². The molecule has 2 rings (SSSR count). The molecule has 18 heavy (non-hydrogen) atoms. The number of aromatic amines is 1. The number of hydrogen-bond acceptors (Lipinski definition) is 3. The van der Waals surface area contributed by atoms with Gasteiger partial charge in [-0.25, -0.2) is 4.79 Å². The lowest BCUT2D eigenvalue weighted by molar-refractivity contribution is -0.139. The van der Waals surface area contributed by atoms with Crippen LogP contribution in [0.1, 0.15) is 42.4 Å². The average molecular weight is 251 g/mol. The summed E-state index contributed by atoms with van der Waals surface area (Å²) in [5, 5.41) is 18.2. The lowest BCUT2D eigenvalue weighted by atomic mass is 10.1. The van der Waals surface area contributed by atoms with Gasteiger partial charge in [0.2, 0.25) is 0 Å². The summed E-state index contributed by atoms with van der Waals surface area (Å²) in [5.74, 6) is -0.975. The second-order valence-corrected chi connectivity index (χ2v) is 4.68. The molecule has 0 bridgehead atoms. The third-order valence-corrected chi connectivity index (χ3v) is 3.11. The highest BCUT2D eigenvalue weighted by atomic mass is 16.4. The van der Waals surface area contributed by atoms with Crippen LogP contribution < -0.4 is 5.32 Å². The Kier molecular flexibility index (Phi) is 3.64. The zero-order valence-corrected chi connectivity index (χ0v) is 10.3. The van der Waals surface area contributed by atoms with Crippen LogP contribution in [-0.4, -0.2) is 33.2 Å². The smallest absolute Gasteiger partial charge is 0.326 e. The number of H-pyrrole nitrogens is 1. The van der Waals surface area contributed by atoms with Crippen LogP contribution in [0.5, 0.6) is 0 Å². The first-order chi connectivity index (χ1) is 8.60. The van der Waals surface area contributed by atoms with Crippen molar-refractivity contribution in [3.63, 3.8) is 0 Å². The number of carboxylic acids is 1. The molecule has 3 N–H and O–H groups in total. The third-order valence-electron chi connectivity index (χ3n) is 3.11. The molecular weight excluding hydrogens is 234 g/mol. The number of aliphatic carboxylic acids is 1. The van der Waals surface area contributed by atoms with Gasteiger partial charge in [-0.2, -0.15) is 5.10 Å². The predicted octanol–water partition coefficient (Wildman–Crippen LogP) is 0.955. The maximum Gasteiger partial charge on any atom is 0.326 e. The van der Waals surface area contributed by atoms with Crippen molar-refractivity contribution in [3.8, 4) is 0 Å². The zero-order chi connectivity index (χ0) is 13.1. The van der Waals surface area contributed by atoms with Gasteiger partial charge in [0.1, 0.15) is 11.7 Å². The molecule has 1 aliphatic carbocycles. The summed E-state index contributed by atoms with van der Waals surface area (Å²) in [5.41, 5.74) is 1.10. The molecule has 0 radical (unpaired) electrons. The minimum Gasteiger partial charge on any atom is -0.480 e. The van der Waals surface area contributed by atoms with Crippen LogP contribution in [-0.2, 0) is 11.2 Å². The number of nitrogens with one attached hydrogen (secondary N) is 2. The lowest BCUT2D eigenvalue weighted by Crippen LogP contribution is -2.41. The monoisotopic (exact) mass is 251 g/mol. The van der Waals surface area contributed by atoms with Gasteiger partial charge in [-0.1, -0.05) is 19.8 Å². The van der Waals surface area contributed by atoms with Crippen LogP contribution in [0.15, 0.2) is 6.07 Å². The lowest BCUT2D eigenvalue weighted by Gasteiger charge is -2.12. The first kappa shape index (κ1) is 12.6.